The molecule has 0 radical (unpaired) electrons. The molecule has 5 heteroatoms. The van der Waals surface area contributed by atoms with Gasteiger partial charge in [0.15, 0.2) is 23.2 Å². The predicted octanol–water partition coefficient (Wildman–Crippen LogP) is 15.7. The molecule has 0 unspecified atom stereocenters. The highest BCUT2D eigenvalue weighted by Crippen LogP contribution is 2.39. The van der Waals surface area contributed by atoms with Gasteiger partial charge in [-0.05, 0) is 92.0 Å². The maximum atomic E-state index is 7.40. The van der Waals surface area contributed by atoms with Gasteiger partial charge in [-0.1, -0.05) is 182 Å². The summed E-state index contributed by atoms with van der Waals surface area (Å²) in [5, 5.41) is 2.09. The van der Waals surface area contributed by atoms with E-state index in [1.165, 1.54) is 16.7 Å². The van der Waals surface area contributed by atoms with Crippen LogP contribution in [-0.2, 0) is 0 Å². The van der Waals surface area contributed by atoms with E-state index in [1.54, 1.807) is 0 Å². The zero-order chi connectivity index (χ0) is 42.1. The Labute approximate surface area is 365 Å². The summed E-state index contributed by atoms with van der Waals surface area (Å²) in [5.74, 6) is 1.66. The van der Waals surface area contributed by atoms with E-state index in [0.29, 0.717) is 23.2 Å². The van der Waals surface area contributed by atoms with E-state index in [4.69, 9.17) is 25.9 Å². The highest BCUT2D eigenvalue weighted by atomic mass is 16.3. The first kappa shape index (κ1) is 37.3. The first-order chi connectivity index (χ1) is 31.1. The number of rotatable bonds is 8. The van der Waals surface area contributed by atoms with Crippen LogP contribution in [0.25, 0.3) is 117 Å². The van der Waals surface area contributed by atoms with Gasteiger partial charge in [-0.25, -0.2) is 19.8 Å². The Morgan fingerprint density at radius 3 is 1.29 bits per heavy atom. The van der Waals surface area contributed by atoms with Gasteiger partial charge >= 0.3 is 0 Å². The molecule has 0 N–H and O–H groups in total. The Morgan fingerprint density at radius 1 is 0.317 bits per heavy atom. The van der Waals surface area contributed by atoms with Gasteiger partial charge < -0.3 is 4.42 Å². The van der Waals surface area contributed by atoms with E-state index >= 15 is 0 Å². The van der Waals surface area contributed by atoms with Crippen molar-refractivity contribution < 1.29 is 4.42 Å². The normalized spacial score (nSPS) is 11.2. The fourth-order valence-electron chi connectivity index (χ4n) is 8.35. The van der Waals surface area contributed by atoms with Crippen LogP contribution in [0, 0.1) is 6.57 Å². The third kappa shape index (κ3) is 7.33. The van der Waals surface area contributed by atoms with Crippen LogP contribution in [0.15, 0.2) is 223 Å². The Morgan fingerprint density at radius 2 is 0.714 bits per heavy atom. The van der Waals surface area contributed by atoms with Crippen LogP contribution in [-0.4, -0.2) is 15.0 Å². The molecule has 0 saturated carbocycles. The van der Waals surface area contributed by atoms with Crippen molar-refractivity contribution in [3.8, 4) is 89.8 Å². The molecule has 2 heterocycles. The number of hydrogen-bond acceptors (Lipinski definition) is 4. The van der Waals surface area contributed by atoms with E-state index in [1.807, 2.05) is 60.7 Å². The lowest BCUT2D eigenvalue weighted by Crippen LogP contribution is -2.00. The molecular weight excluding hydrogens is 769 g/mol. The van der Waals surface area contributed by atoms with Crippen LogP contribution in [0.2, 0.25) is 0 Å². The molecule has 0 saturated heterocycles. The van der Waals surface area contributed by atoms with Crippen molar-refractivity contribution in [2.45, 2.75) is 0 Å². The van der Waals surface area contributed by atoms with Crippen molar-refractivity contribution in [1.82, 2.24) is 15.0 Å². The summed E-state index contributed by atoms with van der Waals surface area (Å²) >= 11 is 0. The molecule has 63 heavy (non-hydrogen) atoms. The average molecular weight is 805 g/mol. The lowest BCUT2D eigenvalue weighted by molar-refractivity contribution is 0.669. The number of aromatic nitrogens is 3. The summed E-state index contributed by atoms with van der Waals surface area (Å²) in [6, 6.07) is 74.9. The summed E-state index contributed by atoms with van der Waals surface area (Å²) < 4.78 is 6.60. The molecular formula is C58H36N4O. The molecule has 0 aliphatic rings. The molecule has 0 amide bonds. The lowest BCUT2D eigenvalue weighted by atomic mass is 9.96. The van der Waals surface area contributed by atoms with E-state index in [9.17, 15) is 0 Å². The summed E-state index contributed by atoms with van der Waals surface area (Å²) in [4.78, 5) is 19.0. The minimum Gasteiger partial charge on any atom is -0.456 e. The minimum absolute atomic E-state index is 0.539. The van der Waals surface area contributed by atoms with E-state index < -0.39 is 0 Å². The largest absolute Gasteiger partial charge is 0.456 e. The van der Waals surface area contributed by atoms with Crippen molar-refractivity contribution in [2.75, 3.05) is 0 Å². The highest BCUT2D eigenvalue weighted by molar-refractivity contribution is 6.13. The number of hydrogen-bond donors (Lipinski definition) is 0. The third-order valence-electron chi connectivity index (χ3n) is 11.6. The maximum absolute atomic E-state index is 7.40. The molecule has 11 aromatic rings. The second-order valence-electron chi connectivity index (χ2n) is 15.5. The van der Waals surface area contributed by atoms with Crippen LogP contribution in [0.3, 0.4) is 0 Å². The average Bonchev–Trinajstić information content (AvgIpc) is 3.75. The van der Waals surface area contributed by atoms with Gasteiger partial charge in [-0.15, -0.1) is 0 Å². The van der Waals surface area contributed by atoms with Gasteiger partial charge in [0.2, 0.25) is 0 Å². The third-order valence-corrected chi connectivity index (χ3v) is 11.6. The molecule has 294 valence electrons. The molecule has 0 aliphatic heterocycles. The molecule has 0 bridgehead atoms. The summed E-state index contributed by atoms with van der Waals surface area (Å²) in [5.41, 5.74) is 15.8. The minimum atomic E-state index is 0.539. The number of benzene rings is 9. The summed E-state index contributed by atoms with van der Waals surface area (Å²) in [6.45, 7) is 7.40. The van der Waals surface area contributed by atoms with Gasteiger partial charge in [-0.3, -0.25) is 0 Å². The molecule has 0 spiro atoms. The van der Waals surface area contributed by atoms with E-state index in [-0.39, 0.29) is 0 Å². The van der Waals surface area contributed by atoms with Crippen molar-refractivity contribution >= 4 is 27.6 Å². The molecule has 11 rings (SSSR count). The van der Waals surface area contributed by atoms with E-state index in [0.717, 1.165) is 77.6 Å². The first-order valence-electron chi connectivity index (χ1n) is 20.9. The van der Waals surface area contributed by atoms with Gasteiger partial charge in [-0.2, -0.15) is 0 Å². The quantitative estimate of drug-likeness (QED) is 0.144. The standard InChI is InChI=1S/C58H36N4O/c1-59-50-31-28-41(29-32-50)44-17-9-20-47(35-44)56-60-57(48-21-10-19-46(36-48)45-18-8-16-43(34-45)39-14-6-3-7-15-39)62-58(61-56)49-30-33-52-54(37-49)63-53-23-11-22-51(55(52)53)42-26-24-40(25-27-42)38-12-4-2-5-13-38/h2-37H. The molecule has 5 nitrogen and oxygen atoms in total. The number of nitrogens with zero attached hydrogens (tertiary/aromatic N) is 4. The van der Waals surface area contributed by atoms with Crippen LogP contribution >= 0.6 is 0 Å². The molecule has 9 aromatic carbocycles. The Hall–Kier alpha value is -8.72. The fourth-order valence-corrected chi connectivity index (χ4v) is 8.35. The van der Waals surface area contributed by atoms with Crippen LogP contribution < -0.4 is 0 Å². The molecule has 0 fully saturated rings. The molecule has 2 aromatic heterocycles. The smallest absolute Gasteiger partial charge is 0.187 e. The predicted molar refractivity (Wildman–Crippen MR) is 257 cm³/mol. The number of fused-ring (bicyclic) bond motifs is 3. The highest BCUT2D eigenvalue weighted by Gasteiger charge is 2.18. The monoisotopic (exact) mass is 804 g/mol. The van der Waals surface area contributed by atoms with Gasteiger partial charge in [0, 0.05) is 27.5 Å². The Balaban J connectivity index is 1.02. The Kier molecular flexibility index (Phi) is 9.50. The SMILES string of the molecule is [C-]#[N+]c1ccc(-c2cccc(-c3nc(-c4cccc(-c5cccc(-c6ccccc6)c5)c4)nc(-c4ccc5c(c4)oc4cccc(-c6ccc(-c7ccccc7)cc6)c45)n3)c2)cc1. The van der Waals surface area contributed by atoms with Crippen LogP contribution in [0.1, 0.15) is 0 Å². The van der Waals surface area contributed by atoms with Gasteiger partial charge in [0.25, 0.3) is 0 Å². The van der Waals surface area contributed by atoms with Crippen LogP contribution in [0.5, 0.6) is 0 Å². The molecule has 0 atom stereocenters. The Bertz CT molecular complexity index is 3500. The van der Waals surface area contributed by atoms with Crippen molar-refractivity contribution in [3.63, 3.8) is 0 Å². The topological polar surface area (TPSA) is 56.2 Å². The van der Waals surface area contributed by atoms with Crippen molar-refractivity contribution in [2.24, 2.45) is 0 Å². The fraction of sp³-hybridized carbons (Fsp3) is 0. The second kappa shape index (κ2) is 16.0. The van der Waals surface area contributed by atoms with Crippen LogP contribution in [0.4, 0.5) is 5.69 Å². The summed E-state index contributed by atoms with van der Waals surface area (Å²) in [7, 11) is 0. The first-order valence-corrected chi connectivity index (χ1v) is 20.9. The van der Waals surface area contributed by atoms with Crippen molar-refractivity contribution in [1.29, 1.82) is 0 Å². The zero-order valence-corrected chi connectivity index (χ0v) is 34.0. The van der Waals surface area contributed by atoms with Gasteiger partial charge in [0.1, 0.15) is 11.2 Å². The second-order valence-corrected chi connectivity index (χ2v) is 15.5. The summed E-state index contributed by atoms with van der Waals surface area (Å²) in [6.07, 6.45) is 0. The number of furan rings is 1. The van der Waals surface area contributed by atoms with E-state index in [2.05, 4.69) is 163 Å². The lowest BCUT2D eigenvalue weighted by Gasteiger charge is -2.11. The maximum Gasteiger partial charge on any atom is 0.187 e. The van der Waals surface area contributed by atoms with Crippen molar-refractivity contribution in [3.05, 3.63) is 230 Å². The molecule has 0 aliphatic carbocycles. The zero-order valence-electron chi connectivity index (χ0n) is 34.0. The van der Waals surface area contributed by atoms with Gasteiger partial charge in [0.05, 0.1) is 6.57 Å².